The number of nitrogens with one attached hydrogen (secondary N) is 3. The second-order valence-corrected chi connectivity index (χ2v) is 13.1. The van der Waals surface area contributed by atoms with Gasteiger partial charge in [0.15, 0.2) is 0 Å². The first kappa shape index (κ1) is 33.4. The van der Waals surface area contributed by atoms with E-state index in [9.17, 15) is 18.0 Å². The molecule has 0 aliphatic carbocycles. The highest BCUT2D eigenvalue weighted by Crippen LogP contribution is 2.24. The zero-order chi connectivity index (χ0) is 30.5. The summed E-state index contributed by atoms with van der Waals surface area (Å²) in [7, 11) is -3.81. The number of benzene rings is 3. The van der Waals surface area contributed by atoms with Crippen molar-refractivity contribution < 1.29 is 18.0 Å². The van der Waals surface area contributed by atoms with Crippen LogP contribution < -0.4 is 15.4 Å². The SMILES string of the molecule is CC(C)C[C@@H](CN(CCCCNS(=O)(=O)c1ccc(Cl)cc1Cl)C(=O)Cc1ccccc1)NC(=O)Nc1ccccc1. The molecule has 8 nitrogen and oxygen atoms in total. The van der Waals surface area contributed by atoms with Gasteiger partial charge in [-0.3, -0.25) is 4.79 Å². The average molecular weight is 634 g/mol. The van der Waals surface area contributed by atoms with Crippen LogP contribution in [0, 0.1) is 5.92 Å². The van der Waals surface area contributed by atoms with Crippen molar-refractivity contribution >= 4 is 50.9 Å². The predicted molar refractivity (Wildman–Crippen MR) is 169 cm³/mol. The molecule has 0 bridgehead atoms. The van der Waals surface area contributed by atoms with E-state index in [4.69, 9.17) is 23.2 Å². The number of hydrogen-bond donors (Lipinski definition) is 3. The predicted octanol–water partition coefficient (Wildman–Crippen LogP) is 6.36. The molecule has 0 radical (unpaired) electrons. The molecular weight excluding hydrogens is 595 g/mol. The van der Waals surface area contributed by atoms with Gasteiger partial charge in [0.1, 0.15) is 4.90 Å². The standard InChI is InChI=1S/C31H38Cl2N4O4S/c1-23(2)19-27(36-31(39)35-26-13-7-4-8-14-26)22-37(30(38)20-24-11-5-3-6-12-24)18-10-9-17-34-42(40,41)29-16-15-25(32)21-28(29)33/h3-8,11-16,21,23,27,34H,9-10,17-20,22H2,1-2H3,(H2,35,36,39)/t27-/m0/s1. The number of urea groups is 1. The lowest BCUT2D eigenvalue weighted by atomic mass is 10.0. The van der Waals surface area contributed by atoms with Crippen molar-refractivity contribution in [3.05, 3.63) is 94.5 Å². The van der Waals surface area contributed by atoms with Gasteiger partial charge in [0.2, 0.25) is 15.9 Å². The van der Waals surface area contributed by atoms with Gasteiger partial charge in [-0.2, -0.15) is 0 Å². The second kappa shape index (κ2) is 16.5. The number of anilines is 1. The van der Waals surface area contributed by atoms with Crippen LogP contribution >= 0.6 is 23.2 Å². The fourth-order valence-corrected chi connectivity index (χ4v) is 6.34. The molecule has 226 valence electrons. The molecule has 0 aliphatic heterocycles. The van der Waals surface area contributed by atoms with E-state index in [1.807, 2.05) is 60.7 Å². The average Bonchev–Trinajstić information content (AvgIpc) is 2.92. The van der Waals surface area contributed by atoms with Gasteiger partial charge in [-0.1, -0.05) is 85.6 Å². The molecule has 3 N–H and O–H groups in total. The van der Waals surface area contributed by atoms with Gasteiger partial charge in [-0.25, -0.2) is 17.9 Å². The Labute approximate surface area is 258 Å². The summed E-state index contributed by atoms with van der Waals surface area (Å²) in [5.41, 5.74) is 1.58. The molecule has 1 atom stereocenters. The van der Waals surface area contributed by atoms with Crippen LogP contribution in [-0.2, 0) is 21.2 Å². The Morgan fingerprint density at radius 2 is 1.57 bits per heavy atom. The highest BCUT2D eigenvalue weighted by atomic mass is 35.5. The highest BCUT2D eigenvalue weighted by molar-refractivity contribution is 7.89. The first-order valence-electron chi connectivity index (χ1n) is 13.9. The van der Waals surface area contributed by atoms with Crippen LogP contribution in [0.2, 0.25) is 10.0 Å². The minimum Gasteiger partial charge on any atom is -0.340 e. The summed E-state index contributed by atoms with van der Waals surface area (Å²) >= 11 is 12.0. The molecule has 0 unspecified atom stereocenters. The van der Waals surface area contributed by atoms with Crippen molar-refractivity contribution in [1.29, 1.82) is 0 Å². The first-order valence-corrected chi connectivity index (χ1v) is 16.2. The summed E-state index contributed by atoms with van der Waals surface area (Å²) in [6.45, 7) is 5.05. The lowest BCUT2D eigenvalue weighted by Crippen LogP contribution is -2.48. The first-order chi connectivity index (χ1) is 20.0. The molecule has 0 aromatic heterocycles. The molecule has 42 heavy (non-hydrogen) atoms. The van der Waals surface area contributed by atoms with Crippen molar-refractivity contribution in [2.45, 2.75) is 50.5 Å². The molecule has 0 spiro atoms. The van der Waals surface area contributed by atoms with E-state index < -0.39 is 10.0 Å². The molecule has 0 saturated heterocycles. The van der Waals surface area contributed by atoms with Gasteiger partial charge < -0.3 is 15.5 Å². The molecule has 0 aliphatic rings. The summed E-state index contributed by atoms with van der Waals surface area (Å²) in [6.07, 6.45) is 1.96. The van der Waals surface area contributed by atoms with Gasteiger partial charge in [0, 0.05) is 36.4 Å². The van der Waals surface area contributed by atoms with Crippen LogP contribution in [0.5, 0.6) is 0 Å². The lowest BCUT2D eigenvalue weighted by molar-refractivity contribution is -0.131. The van der Waals surface area contributed by atoms with Gasteiger partial charge in [-0.05, 0) is 61.1 Å². The van der Waals surface area contributed by atoms with Crippen LogP contribution in [0.3, 0.4) is 0 Å². The molecule has 11 heteroatoms. The fourth-order valence-electron chi connectivity index (χ4n) is 4.49. The molecule has 3 rings (SSSR count). The van der Waals surface area contributed by atoms with Crippen LogP contribution in [-0.4, -0.2) is 50.9 Å². The molecule has 0 saturated carbocycles. The monoisotopic (exact) mass is 632 g/mol. The van der Waals surface area contributed by atoms with Crippen LogP contribution in [0.4, 0.5) is 10.5 Å². The molecule has 3 amide bonds. The van der Waals surface area contributed by atoms with E-state index in [1.54, 1.807) is 4.90 Å². The maximum absolute atomic E-state index is 13.4. The number of sulfonamides is 1. The van der Waals surface area contributed by atoms with E-state index in [1.165, 1.54) is 18.2 Å². The minimum atomic E-state index is -3.81. The number of hydrogen-bond acceptors (Lipinski definition) is 4. The van der Waals surface area contributed by atoms with E-state index in [0.29, 0.717) is 43.1 Å². The van der Waals surface area contributed by atoms with Crippen LogP contribution in [0.15, 0.2) is 83.8 Å². The Kier molecular flexibility index (Phi) is 13.1. The third-order valence-corrected chi connectivity index (χ3v) is 8.62. The zero-order valence-electron chi connectivity index (χ0n) is 23.9. The second-order valence-electron chi connectivity index (χ2n) is 10.5. The Bertz CT molecular complexity index is 1410. The number of unbranched alkanes of at least 4 members (excludes halogenated alkanes) is 1. The Balaban J connectivity index is 1.64. The van der Waals surface area contributed by atoms with Crippen molar-refractivity contribution in [3.63, 3.8) is 0 Å². The third-order valence-electron chi connectivity index (χ3n) is 6.44. The number of rotatable bonds is 15. The maximum atomic E-state index is 13.4. The Morgan fingerprint density at radius 3 is 2.21 bits per heavy atom. The van der Waals surface area contributed by atoms with E-state index in [-0.39, 0.29) is 46.8 Å². The summed E-state index contributed by atoms with van der Waals surface area (Å²) in [5, 5.41) is 6.28. The maximum Gasteiger partial charge on any atom is 0.319 e. The molecule has 3 aromatic carbocycles. The van der Waals surface area contributed by atoms with E-state index >= 15 is 0 Å². The van der Waals surface area contributed by atoms with Gasteiger partial charge >= 0.3 is 6.03 Å². The molecule has 0 fully saturated rings. The molecule has 3 aromatic rings. The Hall–Kier alpha value is -3.11. The highest BCUT2D eigenvalue weighted by Gasteiger charge is 2.22. The Morgan fingerprint density at radius 1 is 0.905 bits per heavy atom. The number of amides is 3. The smallest absolute Gasteiger partial charge is 0.319 e. The molecule has 0 heterocycles. The van der Waals surface area contributed by atoms with Crippen molar-refractivity contribution in [1.82, 2.24) is 14.9 Å². The third kappa shape index (κ3) is 11.3. The number of para-hydroxylation sites is 1. The summed E-state index contributed by atoms with van der Waals surface area (Å²) < 4.78 is 28.0. The normalized spacial score (nSPS) is 12.1. The van der Waals surface area contributed by atoms with Gasteiger partial charge in [0.25, 0.3) is 0 Å². The quantitative estimate of drug-likeness (QED) is 0.169. The number of carbonyl (C=O) groups is 2. The van der Waals surface area contributed by atoms with Crippen LogP contribution in [0.25, 0.3) is 0 Å². The fraction of sp³-hybridized carbons (Fsp3) is 0.355. The number of carbonyl (C=O) groups excluding carboxylic acids is 2. The summed E-state index contributed by atoms with van der Waals surface area (Å²) in [5.74, 6) is 0.223. The van der Waals surface area contributed by atoms with Crippen molar-refractivity contribution in [3.8, 4) is 0 Å². The van der Waals surface area contributed by atoms with Gasteiger partial charge in [-0.15, -0.1) is 0 Å². The topological polar surface area (TPSA) is 108 Å². The van der Waals surface area contributed by atoms with E-state index in [0.717, 1.165) is 5.56 Å². The summed E-state index contributed by atoms with van der Waals surface area (Å²) in [4.78, 5) is 28.0. The zero-order valence-corrected chi connectivity index (χ0v) is 26.2. The largest absolute Gasteiger partial charge is 0.340 e. The number of halogens is 2. The van der Waals surface area contributed by atoms with Crippen molar-refractivity contribution in [2.24, 2.45) is 5.92 Å². The number of nitrogens with zero attached hydrogens (tertiary/aromatic N) is 1. The van der Waals surface area contributed by atoms with Gasteiger partial charge in [0.05, 0.1) is 11.4 Å². The lowest BCUT2D eigenvalue weighted by Gasteiger charge is -2.29. The van der Waals surface area contributed by atoms with Crippen LogP contribution in [0.1, 0.15) is 38.7 Å². The summed E-state index contributed by atoms with van der Waals surface area (Å²) in [6, 6.07) is 22.3. The minimum absolute atomic E-state index is 0.0374. The molecular formula is C31H38Cl2N4O4S. The van der Waals surface area contributed by atoms with E-state index in [2.05, 4.69) is 29.2 Å². The van der Waals surface area contributed by atoms with Crippen molar-refractivity contribution in [2.75, 3.05) is 25.0 Å².